The predicted octanol–water partition coefficient (Wildman–Crippen LogP) is 3.04. The Balaban J connectivity index is 0.00000588. The quantitative estimate of drug-likeness (QED) is 0.128. The highest BCUT2D eigenvalue weighted by Gasteiger charge is 2.39. The Morgan fingerprint density at radius 3 is 2.34 bits per heavy atom. The molecule has 1 unspecified atom stereocenters. The molecule has 0 aliphatic heterocycles. The zero-order valence-corrected chi connectivity index (χ0v) is 25.3. The second-order valence-electron chi connectivity index (χ2n) is 10.0. The lowest BCUT2D eigenvalue weighted by atomic mass is 9.80. The molecule has 0 radical (unpaired) electrons. The van der Waals surface area contributed by atoms with Gasteiger partial charge in [0.25, 0.3) is 0 Å². The van der Waals surface area contributed by atoms with E-state index >= 15 is 0 Å². The van der Waals surface area contributed by atoms with Gasteiger partial charge in [-0.15, -0.1) is 12.4 Å². The van der Waals surface area contributed by atoms with Gasteiger partial charge in [-0.2, -0.15) is 0 Å². The van der Waals surface area contributed by atoms with Crippen molar-refractivity contribution < 1.29 is 19.1 Å². The van der Waals surface area contributed by atoms with Crippen molar-refractivity contribution >= 4 is 52.7 Å². The lowest BCUT2D eigenvalue weighted by molar-refractivity contribution is -0.148. The van der Waals surface area contributed by atoms with Crippen molar-refractivity contribution in [1.29, 1.82) is 5.41 Å². The molecule has 1 heterocycles. The minimum absolute atomic E-state index is 0. The summed E-state index contributed by atoms with van der Waals surface area (Å²) >= 11 is 0. The second kappa shape index (κ2) is 14.0. The standard InChI is InChI=1S/C29H39N7O4.ClH/c1-7-34(4)28(39)29(3,18-35(5)25(37)16-26(38)40-8-2)20-11-14-23-22(15-20)33-24(36(23)6)17-32-21-12-9-19(10-13-21)27(30)31;/h9-15,32H,7-8,16-18H2,1-6H3,(H3,30,31);1H. The molecular weight excluding hydrogens is 546 g/mol. The third-order valence-corrected chi connectivity index (χ3v) is 7.13. The van der Waals surface area contributed by atoms with Crippen LogP contribution in [0.1, 0.15) is 44.1 Å². The van der Waals surface area contributed by atoms with Gasteiger partial charge in [0.2, 0.25) is 11.8 Å². The summed E-state index contributed by atoms with van der Waals surface area (Å²) in [5, 5.41) is 10.9. The van der Waals surface area contributed by atoms with Gasteiger partial charge in [-0.3, -0.25) is 19.8 Å². The molecule has 1 aromatic heterocycles. The van der Waals surface area contributed by atoms with E-state index in [9.17, 15) is 14.4 Å². The molecule has 2 amide bonds. The average Bonchev–Trinajstić information content (AvgIpc) is 3.25. The molecule has 1 atom stereocenters. The summed E-state index contributed by atoms with van der Waals surface area (Å²) in [5.41, 5.74) is 8.33. The first-order chi connectivity index (χ1) is 18.9. The smallest absolute Gasteiger partial charge is 0.315 e. The van der Waals surface area contributed by atoms with Gasteiger partial charge in [-0.25, -0.2) is 4.98 Å². The van der Waals surface area contributed by atoms with Crippen LogP contribution in [0.4, 0.5) is 5.69 Å². The number of esters is 1. The topological polar surface area (TPSA) is 147 Å². The summed E-state index contributed by atoms with van der Waals surface area (Å²) < 4.78 is 6.90. The number of hydrogen-bond donors (Lipinski definition) is 3. The van der Waals surface area contributed by atoms with Gasteiger partial charge in [-0.1, -0.05) is 6.07 Å². The first kappa shape index (κ1) is 33.1. The highest BCUT2D eigenvalue weighted by Crippen LogP contribution is 2.30. The molecule has 4 N–H and O–H groups in total. The molecule has 0 saturated heterocycles. The van der Waals surface area contributed by atoms with E-state index in [-0.39, 0.29) is 43.7 Å². The minimum Gasteiger partial charge on any atom is -0.466 e. The van der Waals surface area contributed by atoms with Crippen LogP contribution in [0.3, 0.4) is 0 Å². The number of halogens is 1. The van der Waals surface area contributed by atoms with E-state index < -0.39 is 17.3 Å². The zero-order valence-electron chi connectivity index (χ0n) is 24.5. The second-order valence-corrected chi connectivity index (χ2v) is 10.0. The van der Waals surface area contributed by atoms with Crippen LogP contribution in [0, 0.1) is 5.41 Å². The number of aromatic nitrogens is 2. The van der Waals surface area contributed by atoms with Crippen molar-refractivity contribution in [3.63, 3.8) is 0 Å². The number of benzene rings is 2. The van der Waals surface area contributed by atoms with E-state index in [2.05, 4.69) is 5.32 Å². The molecular formula is C29H40ClN7O4. The SMILES string of the molecule is CCOC(=O)CC(=O)N(C)CC(C)(C(=O)N(C)CC)c1ccc2c(c1)nc(CNc1ccc(C(=N)N)cc1)n2C.Cl. The fourth-order valence-corrected chi connectivity index (χ4v) is 4.58. The maximum Gasteiger partial charge on any atom is 0.315 e. The van der Waals surface area contributed by atoms with Gasteiger partial charge in [0.15, 0.2) is 0 Å². The molecule has 0 saturated carbocycles. The fraction of sp³-hybridized carbons (Fsp3) is 0.414. The van der Waals surface area contributed by atoms with Crippen molar-refractivity contribution in [2.45, 2.75) is 39.2 Å². The molecule has 2 aromatic carbocycles. The third-order valence-electron chi connectivity index (χ3n) is 7.13. The Morgan fingerprint density at radius 1 is 1.10 bits per heavy atom. The number of nitrogens with one attached hydrogen (secondary N) is 2. The largest absolute Gasteiger partial charge is 0.466 e. The predicted molar refractivity (Wildman–Crippen MR) is 162 cm³/mol. The van der Waals surface area contributed by atoms with Crippen LogP contribution in [0.25, 0.3) is 11.0 Å². The van der Waals surface area contributed by atoms with Crippen LogP contribution in [0.5, 0.6) is 0 Å². The van der Waals surface area contributed by atoms with Crippen LogP contribution >= 0.6 is 12.4 Å². The van der Waals surface area contributed by atoms with Gasteiger partial charge in [0, 0.05) is 45.5 Å². The number of nitrogens with two attached hydrogens (primary N) is 1. The highest BCUT2D eigenvalue weighted by molar-refractivity contribution is 5.96. The number of amidine groups is 1. The molecule has 0 fully saturated rings. The number of anilines is 1. The van der Waals surface area contributed by atoms with E-state index in [0.717, 1.165) is 28.1 Å². The number of nitrogens with zero attached hydrogens (tertiary/aromatic N) is 4. The van der Waals surface area contributed by atoms with Gasteiger partial charge >= 0.3 is 5.97 Å². The van der Waals surface area contributed by atoms with Crippen LogP contribution < -0.4 is 11.1 Å². The number of likely N-dealkylation sites (N-methyl/N-ethyl adjacent to an activating group) is 2. The highest BCUT2D eigenvalue weighted by atomic mass is 35.5. The summed E-state index contributed by atoms with van der Waals surface area (Å²) in [6, 6.07) is 13.0. The maximum absolute atomic E-state index is 13.7. The van der Waals surface area contributed by atoms with E-state index in [1.54, 1.807) is 38.1 Å². The fourth-order valence-electron chi connectivity index (χ4n) is 4.58. The summed E-state index contributed by atoms with van der Waals surface area (Å²) in [7, 11) is 5.25. The van der Waals surface area contributed by atoms with Crippen molar-refractivity contribution in [2.75, 3.05) is 39.1 Å². The van der Waals surface area contributed by atoms with Crippen LogP contribution in [0.2, 0.25) is 0 Å². The van der Waals surface area contributed by atoms with Crippen molar-refractivity contribution in [2.24, 2.45) is 12.8 Å². The molecule has 41 heavy (non-hydrogen) atoms. The van der Waals surface area contributed by atoms with Crippen LogP contribution in [0.15, 0.2) is 42.5 Å². The van der Waals surface area contributed by atoms with E-state index in [4.69, 9.17) is 20.9 Å². The van der Waals surface area contributed by atoms with Crippen LogP contribution in [-0.4, -0.2) is 76.8 Å². The number of carbonyl (C=O) groups is 3. The molecule has 0 bridgehead atoms. The number of imidazole rings is 1. The minimum atomic E-state index is -1.08. The number of carbonyl (C=O) groups excluding carboxylic acids is 3. The number of ether oxygens (including phenoxy) is 1. The Hall–Kier alpha value is -4.12. The summed E-state index contributed by atoms with van der Waals surface area (Å²) in [6.45, 7) is 6.63. The molecule has 3 aromatic rings. The van der Waals surface area contributed by atoms with Crippen LogP contribution in [-0.2, 0) is 38.1 Å². The molecule has 11 nitrogen and oxygen atoms in total. The number of amides is 2. The first-order valence-electron chi connectivity index (χ1n) is 13.2. The Morgan fingerprint density at radius 2 is 1.76 bits per heavy atom. The van der Waals surface area contributed by atoms with Crippen molar-refractivity contribution in [1.82, 2.24) is 19.4 Å². The Bertz CT molecular complexity index is 1410. The van der Waals surface area contributed by atoms with Gasteiger partial charge in [-0.05, 0) is 62.7 Å². The van der Waals surface area contributed by atoms with Gasteiger partial charge < -0.3 is 30.2 Å². The molecule has 222 valence electrons. The third kappa shape index (κ3) is 7.55. The monoisotopic (exact) mass is 585 g/mol. The zero-order chi connectivity index (χ0) is 29.6. The Labute approximate surface area is 246 Å². The number of nitrogen functional groups attached to an aromatic ring is 1. The molecule has 0 aliphatic carbocycles. The van der Waals surface area contributed by atoms with Gasteiger partial charge in [0.1, 0.15) is 18.1 Å². The maximum atomic E-state index is 13.7. The number of fused-ring (bicyclic) bond motifs is 1. The summed E-state index contributed by atoms with van der Waals surface area (Å²) in [5.74, 6) is -0.341. The normalized spacial score (nSPS) is 12.1. The first-order valence-corrected chi connectivity index (χ1v) is 13.2. The van der Waals surface area contributed by atoms with E-state index in [1.807, 2.05) is 55.8 Å². The lowest BCUT2D eigenvalue weighted by Crippen LogP contribution is -2.51. The number of aryl methyl sites for hydroxylation is 1. The molecule has 3 rings (SSSR count). The molecule has 0 spiro atoms. The van der Waals surface area contributed by atoms with Crippen molar-refractivity contribution in [3.8, 4) is 0 Å². The summed E-state index contributed by atoms with van der Waals surface area (Å²) in [4.78, 5) is 46.1. The molecule has 0 aliphatic rings. The van der Waals surface area contributed by atoms with Crippen molar-refractivity contribution in [3.05, 3.63) is 59.4 Å². The number of rotatable bonds is 12. The van der Waals surface area contributed by atoms with E-state index in [1.165, 1.54) is 4.90 Å². The number of hydrogen-bond acceptors (Lipinski definition) is 7. The van der Waals surface area contributed by atoms with E-state index in [0.29, 0.717) is 18.7 Å². The molecule has 12 heteroatoms. The summed E-state index contributed by atoms with van der Waals surface area (Å²) in [6.07, 6.45) is -0.384. The van der Waals surface area contributed by atoms with Gasteiger partial charge in [0.05, 0.1) is 29.6 Å². The lowest BCUT2D eigenvalue weighted by Gasteiger charge is -2.36. The Kier molecular flexibility index (Phi) is 11.3. The average molecular weight is 586 g/mol.